The van der Waals surface area contributed by atoms with Crippen LogP contribution in [-0.2, 0) is 13.0 Å². The van der Waals surface area contributed by atoms with Crippen molar-refractivity contribution in [2.24, 2.45) is 5.10 Å². The van der Waals surface area contributed by atoms with Gasteiger partial charge < -0.3 is 14.8 Å². The van der Waals surface area contributed by atoms with Gasteiger partial charge in [-0.1, -0.05) is 31.2 Å². The maximum atomic E-state index is 6.02. The van der Waals surface area contributed by atoms with E-state index in [1.807, 2.05) is 31.2 Å². The number of ether oxygens (including phenoxy) is 2. The Bertz CT molecular complexity index is 762. The summed E-state index contributed by atoms with van der Waals surface area (Å²) in [6.07, 6.45) is 2.66. The highest BCUT2D eigenvalue weighted by atomic mass is 32.1. The zero-order valence-electron chi connectivity index (χ0n) is 15.4. The lowest BCUT2D eigenvalue weighted by Crippen LogP contribution is -2.28. The zero-order chi connectivity index (χ0) is 18.8. The standard InChI is InChI=1S/C20H25N3O2S/c1-4-16-8-6-7-9-17(16)14-25-18-11-10-15(12-19(18)24-5-2)13-22-23-20(26)21-3/h6-13H,4-5,14H2,1-3H3,(H2,21,23,26). The number of aryl methyl sites for hydroxylation is 1. The third-order valence-electron chi connectivity index (χ3n) is 3.76. The average molecular weight is 372 g/mol. The van der Waals surface area contributed by atoms with Gasteiger partial charge in [0.2, 0.25) is 0 Å². The van der Waals surface area contributed by atoms with Crippen LogP contribution in [0, 0.1) is 0 Å². The first-order chi connectivity index (χ1) is 12.7. The van der Waals surface area contributed by atoms with Crippen molar-refractivity contribution in [2.75, 3.05) is 13.7 Å². The summed E-state index contributed by atoms with van der Waals surface area (Å²) in [5.74, 6) is 1.41. The van der Waals surface area contributed by atoms with Crippen LogP contribution < -0.4 is 20.2 Å². The van der Waals surface area contributed by atoms with Gasteiger partial charge in [-0.15, -0.1) is 0 Å². The van der Waals surface area contributed by atoms with Gasteiger partial charge in [0.1, 0.15) is 6.61 Å². The van der Waals surface area contributed by atoms with Gasteiger partial charge in [-0.25, -0.2) is 0 Å². The maximum absolute atomic E-state index is 6.02. The minimum absolute atomic E-state index is 0.459. The SMILES string of the molecule is CCOc1cc(C=NNC(=S)NC)ccc1OCc1ccccc1CC. The van der Waals surface area contributed by atoms with Crippen LogP contribution in [0.25, 0.3) is 0 Å². The van der Waals surface area contributed by atoms with Crippen molar-refractivity contribution >= 4 is 23.5 Å². The molecule has 0 fully saturated rings. The molecular weight excluding hydrogens is 346 g/mol. The van der Waals surface area contributed by atoms with Gasteiger partial charge in [0.25, 0.3) is 0 Å². The normalized spacial score (nSPS) is 10.6. The van der Waals surface area contributed by atoms with E-state index < -0.39 is 0 Å². The van der Waals surface area contributed by atoms with Crippen LogP contribution in [0.1, 0.15) is 30.5 Å². The molecule has 0 saturated heterocycles. The van der Waals surface area contributed by atoms with Gasteiger partial charge in [0.15, 0.2) is 16.6 Å². The summed E-state index contributed by atoms with van der Waals surface area (Å²) in [6, 6.07) is 14.0. The highest BCUT2D eigenvalue weighted by Gasteiger charge is 2.08. The monoisotopic (exact) mass is 371 g/mol. The Balaban J connectivity index is 2.11. The number of nitrogens with one attached hydrogen (secondary N) is 2. The Morgan fingerprint density at radius 3 is 2.54 bits per heavy atom. The molecule has 0 amide bonds. The van der Waals surface area contributed by atoms with Crippen molar-refractivity contribution in [3.8, 4) is 11.5 Å². The predicted molar refractivity (Wildman–Crippen MR) is 110 cm³/mol. The van der Waals surface area contributed by atoms with Crippen LogP contribution in [0.3, 0.4) is 0 Å². The van der Waals surface area contributed by atoms with Crippen molar-refractivity contribution < 1.29 is 9.47 Å². The molecule has 0 aliphatic heterocycles. The highest BCUT2D eigenvalue weighted by molar-refractivity contribution is 7.80. The molecule has 5 nitrogen and oxygen atoms in total. The summed E-state index contributed by atoms with van der Waals surface area (Å²) < 4.78 is 11.7. The fourth-order valence-corrected chi connectivity index (χ4v) is 2.47. The molecule has 2 aromatic carbocycles. The molecule has 0 spiro atoms. The molecule has 0 radical (unpaired) electrons. The predicted octanol–water partition coefficient (Wildman–Crippen LogP) is 3.65. The molecule has 138 valence electrons. The number of hydrazone groups is 1. The smallest absolute Gasteiger partial charge is 0.186 e. The third kappa shape index (κ3) is 5.74. The lowest BCUT2D eigenvalue weighted by molar-refractivity contribution is 0.268. The first kappa shape index (κ1) is 19.7. The van der Waals surface area contributed by atoms with Crippen LogP contribution in [0.15, 0.2) is 47.6 Å². The van der Waals surface area contributed by atoms with Crippen LogP contribution in [0.5, 0.6) is 11.5 Å². The molecule has 0 aliphatic rings. The average Bonchev–Trinajstić information content (AvgIpc) is 2.67. The minimum Gasteiger partial charge on any atom is -0.490 e. The second-order valence-electron chi connectivity index (χ2n) is 5.50. The molecule has 26 heavy (non-hydrogen) atoms. The van der Waals surface area contributed by atoms with Crippen LogP contribution in [0.4, 0.5) is 0 Å². The molecule has 0 unspecified atom stereocenters. The summed E-state index contributed by atoms with van der Waals surface area (Å²) in [6.45, 7) is 5.16. The number of benzene rings is 2. The summed E-state index contributed by atoms with van der Waals surface area (Å²) >= 11 is 4.98. The topological polar surface area (TPSA) is 54.9 Å². The number of hydrogen-bond donors (Lipinski definition) is 2. The fraction of sp³-hybridized carbons (Fsp3) is 0.300. The van der Waals surface area contributed by atoms with Gasteiger partial charge in [0, 0.05) is 7.05 Å². The summed E-state index contributed by atoms with van der Waals surface area (Å²) in [5, 5.41) is 7.34. The molecule has 2 N–H and O–H groups in total. The second kappa shape index (κ2) is 10.4. The molecule has 6 heteroatoms. The first-order valence-electron chi connectivity index (χ1n) is 8.65. The zero-order valence-corrected chi connectivity index (χ0v) is 16.2. The van der Waals surface area contributed by atoms with Crippen molar-refractivity contribution in [3.63, 3.8) is 0 Å². The van der Waals surface area contributed by atoms with Crippen molar-refractivity contribution in [2.45, 2.75) is 26.9 Å². The van der Waals surface area contributed by atoms with Crippen molar-refractivity contribution in [1.82, 2.24) is 10.7 Å². The number of nitrogens with zero attached hydrogens (tertiary/aromatic N) is 1. The molecular formula is C20H25N3O2S. The van der Waals surface area contributed by atoms with E-state index in [1.54, 1.807) is 13.3 Å². The van der Waals surface area contributed by atoms with Crippen LogP contribution in [-0.4, -0.2) is 25.0 Å². The van der Waals surface area contributed by atoms with Gasteiger partial charge in [-0.2, -0.15) is 5.10 Å². The minimum atomic E-state index is 0.459. The van der Waals surface area contributed by atoms with E-state index in [4.69, 9.17) is 21.7 Å². The lowest BCUT2D eigenvalue weighted by atomic mass is 10.1. The Morgan fingerprint density at radius 1 is 1.08 bits per heavy atom. The fourth-order valence-electron chi connectivity index (χ4n) is 2.41. The van der Waals surface area contributed by atoms with Gasteiger partial charge in [0.05, 0.1) is 12.8 Å². The van der Waals surface area contributed by atoms with Gasteiger partial charge in [-0.05, 0) is 60.5 Å². The Hall–Kier alpha value is -2.60. The largest absolute Gasteiger partial charge is 0.490 e. The van der Waals surface area contributed by atoms with Gasteiger partial charge >= 0.3 is 0 Å². The number of hydrogen-bond acceptors (Lipinski definition) is 4. The van der Waals surface area contributed by atoms with E-state index in [2.05, 4.69) is 41.0 Å². The van der Waals surface area contributed by atoms with Crippen LogP contribution in [0.2, 0.25) is 0 Å². The molecule has 0 heterocycles. The molecule has 0 saturated carbocycles. The molecule has 0 atom stereocenters. The summed E-state index contributed by atoms with van der Waals surface area (Å²) in [7, 11) is 1.74. The van der Waals surface area contributed by atoms with Crippen LogP contribution >= 0.6 is 12.2 Å². The van der Waals surface area contributed by atoms with Crippen molar-refractivity contribution in [3.05, 3.63) is 59.2 Å². The van der Waals surface area contributed by atoms with E-state index in [0.717, 1.165) is 12.0 Å². The van der Waals surface area contributed by atoms with Crippen molar-refractivity contribution in [1.29, 1.82) is 0 Å². The number of thiocarbonyl (C=S) groups is 1. The molecule has 2 aromatic rings. The van der Waals surface area contributed by atoms with E-state index >= 15 is 0 Å². The molecule has 0 aliphatic carbocycles. The third-order valence-corrected chi connectivity index (χ3v) is 4.05. The number of rotatable bonds is 8. The molecule has 0 aromatic heterocycles. The van der Waals surface area contributed by atoms with E-state index in [0.29, 0.717) is 29.8 Å². The molecule has 2 rings (SSSR count). The molecule has 0 bridgehead atoms. The maximum Gasteiger partial charge on any atom is 0.186 e. The van der Waals surface area contributed by atoms with Gasteiger partial charge in [-0.3, -0.25) is 5.43 Å². The Morgan fingerprint density at radius 2 is 1.85 bits per heavy atom. The van der Waals surface area contributed by atoms with E-state index in [9.17, 15) is 0 Å². The lowest BCUT2D eigenvalue weighted by Gasteiger charge is -2.14. The van der Waals surface area contributed by atoms with E-state index in [-0.39, 0.29) is 0 Å². The Kier molecular flexibility index (Phi) is 7.89. The summed E-state index contributed by atoms with van der Waals surface area (Å²) in [5.41, 5.74) is 6.09. The Labute approximate surface area is 160 Å². The van der Waals surface area contributed by atoms with E-state index in [1.165, 1.54) is 11.1 Å². The summed E-state index contributed by atoms with van der Waals surface area (Å²) in [4.78, 5) is 0. The highest BCUT2D eigenvalue weighted by Crippen LogP contribution is 2.29. The first-order valence-corrected chi connectivity index (χ1v) is 9.06. The quantitative estimate of drug-likeness (QED) is 0.421. The second-order valence-corrected chi connectivity index (χ2v) is 5.91.